The van der Waals surface area contributed by atoms with Crippen molar-refractivity contribution in [3.8, 4) is 0 Å². The number of nitrogens with one attached hydrogen (secondary N) is 1. The summed E-state index contributed by atoms with van der Waals surface area (Å²) in [5.74, 6) is 2.31. The van der Waals surface area contributed by atoms with Gasteiger partial charge in [0, 0.05) is 30.9 Å². The molecule has 1 amide bonds. The van der Waals surface area contributed by atoms with Crippen molar-refractivity contribution in [1.29, 1.82) is 0 Å². The molecule has 1 heterocycles. The fraction of sp³-hybridized carbons (Fsp3) is 0.750. The first kappa shape index (κ1) is 18.9. The number of hydrogen-bond acceptors (Lipinski definition) is 4. The second-order valence-electron chi connectivity index (χ2n) is 6.31. The van der Waals surface area contributed by atoms with Crippen molar-refractivity contribution in [2.24, 2.45) is 0 Å². The fourth-order valence-electron chi connectivity index (χ4n) is 2.07. The van der Waals surface area contributed by atoms with Crippen LogP contribution in [0.25, 0.3) is 0 Å². The largest absolute Gasteiger partial charge is 0.444 e. The van der Waals surface area contributed by atoms with Gasteiger partial charge in [0.1, 0.15) is 5.60 Å². The first-order valence-corrected chi connectivity index (χ1v) is 9.04. The van der Waals surface area contributed by atoms with E-state index < -0.39 is 5.60 Å². The Labute approximate surface area is 138 Å². The van der Waals surface area contributed by atoms with Crippen molar-refractivity contribution in [2.45, 2.75) is 59.1 Å². The molecule has 1 aromatic rings. The van der Waals surface area contributed by atoms with Gasteiger partial charge in [-0.05, 0) is 45.6 Å². The summed E-state index contributed by atoms with van der Waals surface area (Å²) >= 11 is 1.96. The van der Waals surface area contributed by atoms with Gasteiger partial charge in [-0.15, -0.1) is 0 Å². The molecule has 1 unspecified atom stereocenters. The van der Waals surface area contributed by atoms with Crippen LogP contribution in [0.5, 0.6) is 0 Å². The van der Waals surface area contributed by atoms with Crippen LogP contribution in [0.15, 0.2) is 12.5 Å². The molecule has 5 nitrogen and oxygen atoms in total. The maximum atomic E-state index is 11.6. The number of imidazole rings is 1. The molecule has 0 spiro atoms. The SMILES string of the molecule is CCSCCC(C)n1cncc1CCNC(=O)OC(C)(C)C. The summed E-state index contributed by atoms with van der Waals surface area (Å²) in [4.78, 5) is 15.9. The molecule has 0 saturated heterocycles. The third-order valence-corrected chi connectivity index (χ3v) is 4.09. The van der Waals surface area contributed by atoms with E-state index >= 15 is 0 Å². The zero-order valence-electron chi connectivity index (χ0n) is 14.4. The quantitative estimate of drug-likeness (QED) is 0.740. The van der Waals surface area contributed by atoms with Crippen LogP contribution in [0.4, 0.5) is 4.79 Å². The van der Waals surface area contributed by atoms with Crippen molar-refractivity contribution in [1.82, 2.24) is 14.9 Å². The second-order valence-corrected chi connectivity index (χ2v) is 7.70. The topological polar surface area (TPSA) is 56.2 Å². The normalized spacial score (nSPS) is 13.0. The molecular formula is C16H29N3O2S. The van der Waals surface area contributed by atoms with Crippen LogP contribution >= 0.6 is 11.8 Å². The molecule has 0 aliphatic rings. The summed E-state index contributed by atoms with van der Waals surface area (Å²) in [5.41, 5.74) is 0.683. The molecular weight excluding hydrogens is 298 g/mol. The number of nitrogens with zero attached hydrogens (tertiary/aromatic N) is 2. The molecule has 1 rings (SSSR count). The number of carbonyl (C=O) groups excluding carboxylic acids is 1. The molecule has 1 atom stereocenters. The minimum atomic E-state index is -0.461. The van der Waals surface area contributed by atoms with Gasteiger partial charge in [0.05, 0.1) is 6.33 Å². The summed E-state index contributed by atoms with van der Waals surface area (Å²) in [6.07, 6.45) is 5.27. The van der Waals surface area contributed by atoms with Crippen LogP contribution in [0.2, 0.25) is 0 Å². The maximum Gasteiger partial charge on any atom is 0.407 e. The highest BCUT2D eigenvalue weighted by Gasteiger charge is 2.16. The Morgan fingerprint density at radius 3 is 2.86 bits per heavy atom. The van der Waals surface area contributed by atoms with E-state index in [2.05, 4.69) is 28.7 Å². The predicted octanol–water partition coefficient (Wildman–Crippen LogP) is 3.65. The van der Waals surface area contributed by atoms with E-state index in [4.69, 9.17) is 4.74 Å². The van der Waals surface area contributed by atoms with E-state index in [9.17, 15) is 4.79 Å². The summed E-state index contributed by atoms with van der Waals surface area (Å²) in [6.45, 7) is 10.5. The zero-order chi connectivity index (χ0) is 16.6. The van der Waals surface area contributed by atoms with Gasteiger partial charge in [-0.3, -0.25) is 0 Å². The molecule has 0 fully saturated rings. The molecule has 0 radical (unpaired) electrons. The van der Waals surface area contributed by atoms with Crippen LogP contribution in [-0.2, 0) is 11.2 Å². The van der Waals surface area contributed by atoms with E-state index in [1.54, 1.807) is 0 Å². The van der Waals surface area contributed by atoms with Crippen LogP contribution < -0.4 is 5.32 Å². The Hall–Kier alpha value is -1.17. The Kier molecular flexibility index (Phi) is 7.79. The minimum absolute atomic E-state index is 0.369. The second kappa shape index (κ2) is 9.08. The van der Waals surface area contributed by atoms with E-state index in [-0.39, 0.29) is 6.09 Å². The van der Waals surface area contributed by atoms with Gasteiger partial charge in [-0.2, -0.15) is 11.8 Å². The highest BCUT2D eigenvalue weighted by Crippen LogP contribution is 2.17. The summed E-state index contributed by atoms with van der Waals surface area (Å²) in [6, 6.07) is 0.429. The number of aromatic nitrogens is 2. The Morgan fingerprint density at radius 2 is 2.23 bits per heavy atom. The Bertz CT molecular complexity index is 454. The van der Waals surface area contributed by atoms with Gasteiger partial charge in [0.25, 0.3) is 0 Å². The average Bonchev–Trinajstić information content (AvgIpc) is 2.85. The molecule has 0 aliphatic carbocycles. The van der Waals surface area contributed by atoms with Gasteiger partial charge in [-0.25, -0.2) is 9.78 Å². The van der Waals surface area contributed by atoms with Crippen molar-refractivity contribution < 1.29 is 9.53 Å². The van der Waals surface area contributed by atoms with Gasteiger partial charge >= 0.3 is 6.09 Å². The molecule has 0 bridgehead atoms. The number of alkyl carbamates (subject to hydrolysis) is 1. The molecule has 0 aromatic carbocycles. The molecule has 126 valence electrons. The van der Waals surface area contributed by atoms with Crippen molar-refractivity contribution >= 4 is 17.9 Å². The lowest BCUT2D eigenvalue weighted by Crippen LogP contribution is -2.33. The van der Waals surface area contributed by atoms with E-state index in [1.807, 2.05) is 45.1 Å². The first-order chi connectivity index (χ1) is 10.3. The lowest BCUT2D eigenvalue weighted by atomic mass is 10.2. The Morgan fingerprint density at radius 1 is 1.50 bits per heavy atom. The zero-order valence-corrected chi connectivity index (χ0v) is 15.2. The highest BCUT2D eigenvalue weighted by atomic mass is 32.2. The third kappa shape index (κ3) is 7.20. The minimum Gasteiger partial charge on any atom is -0.444 e. The third-order valence-electron chi connectivity index (χ3n) is 3.15. The predicted molar refractivity (Wildman–Crippen MR) is 92.5 cm³/mol. The van der Waals surface area contributed by atoms with Gasteiger partial charge in [0.15, 0.2) is 0 Å². The molecule has 22 heavy (non-hydrogen) atoms. The first-order valence-electron chi connectivity index (χ1n) is 7.88. The summed E-state index contributed by atoms with van der Waals surface area (Å²) in [7, 11) is 0. The molecule has 0 saturated carbocycles. The number of rotatable bonds is 8. The van der Waals surface area contributed by atoms with Crippen molar-refractivity contribution in [3.63, 3.8) is 0 Å². The molecule has 0 aliphatic heterocycles. The fourth-order valence-corrected chi connectivity index (χ4v) is 2.86. The number of thioether (sulfide) groups is 1. The molecule has 6 heteroatoms. The Balaban J connectivity index is 2.41. The summed E-state index contributed by atoms with van der Waals surface area (Å²) in [5, 5.41) is 2.79. The van der Waals surface area contributed by atoms with Crippen molar-refractivity contribution in [3.05, 3.63) is 18.2 Å². The summed E-state index contributed by atoms with van der Waals surface area (Å²) < 4.78 is 7.43. The van der Waals surface area contributed by atoms with Gasteiger partial charge in [0.2, 0.25) is 0 Å². The lowest BCUT2D eigenvalue weighted by molar-refractivity contribution is 0.0528. The number of carbonyl (C=O) groups is 1. The van der Waals surface area contributed by atoms with E-state index in [1.165, 1.54) is 0 Å². The number of amides is 1. The van der Waals surface area contributed by atoms with Gasteiger partial charge < -0.3 is 14.6 Å². The van der Waals surface area contributed by atoms with Crippen LogP contribution in [0, 0.1) is 0 Å². The monoisotopic (exact) mass is 327 g/mol. The number of ether oxygens (including phenoxy) is 1. The number of hydrogen-bond donors (Lipinski definition) is 1. The lowest BCUT2D eigenvalue weighted by Gasteiger charge is -2.20. The standard InChI is InChI=1S/C16H29N3O2S/c1-6-22-10-8-13(2)19-12-17-11-14(19)7-9-18-15(20)21-16(3,4)5/h11-13H,6-10H2,1-5H3,(H,18,20). The van der Waals surface area contributed by atoms with Crippen LogP contribution in [0.1, 0.15) is 52.8 Å². The maximum absolute atomic E-state index is 11.6. The smallest absolute Gasteiger partial charge is 0.407 e. The van der Waals surface area contributed by atoms with Crippen LogP contribution in [0.3, 0.4) is 0 Å². The van der Waals surface area contributed by atoms with E-state index in [0.29, 0.717) is 12.6 Å². The molecule has 1 aromatic heterocycles. The van der Waals surface area contributed by atoms with Crippen molar-refractivity contribution in [2.75, 3.05) is 18.1 Å². The van der Waals surface area contributed by atoms with Gasteiger partial charge in [-0.1, -0.05) is 6.92 Å². The van der Waals surface area contributed by atoms with E-state index in [0.717, 1.165) is 30.0 Å². The molecule has 1 N–H and O–H groups in total. The van der Waals surface area contributed by atoms with Crippen LogP contribution in [-0.4, -0.2) is 39.3 Å². The highest BCUT2D eigenvalue weighted by molar-refractivity contribution is 7.99. The average molecular weight is 327 g/mol.